The Hall–Kier alpha value is -0.980. The van der Waals surface area contributed by atoms with Gasteiger partial charge in [-0.25, -0.2) is 0 Å². The number of hydrogen-bond acceptors (Lipinski definition) is 0. The molecule has 2 aromatic carbocycles. The third-order valence-corrected chi connectivity index (χ3v) is 3.88. The van der Waals surface area contributed by atoms with Gasteiger partial charge in [0.15, 0.2) is 0 Å². The predicted molar refractivity (Wildman–Crippen MR) is 79.7 cm³/mol. The van der Waals surface area contributed by atoms with Gasteiger partial charge in [0, 0.05) is 5.02 Å². The lowest BCUT2D eigenvalue weighted by atomic mass is 9.98. The molecule has 94 valence electrons. The zero-order valence-electron chi connectivity index (χ0n) is 10.6. The second kappa shape index (κ2) is 5.77. The van der Waals surface area contributed by atoms with Crippen LogP contribution in [0.1, 0.15) is 27.6 Å². The summed E-state index contributed by atoms with van der Waals surface area (Å²) >= 11 is 12.7. The molecule has 0 radical (unpaired) electrons. The topological polar surface area (TPSA) is 0 Å². The van der Waals surface area contributed by atoms with Gasteiger partial charge in [-0.2, -0.15) is 0 Å². The summed E-state index contributed by atoms with van der Waals surface area (Å²) in [4.78, 5) is 0. The van der Waals surface area contributed by atoms with Crippen LogP contribution in [-0.4, -0.2) is 0 Å². The van der Waals surface area contributed by atoms with Gasteiger partial charge in [0.1, 0.15) is 0 Å². The summed E-state index contributed by atoms with van der Waals surface area (Å²) in [6.45, 7) is 4.19. The van der Waals surface area contributed by atoms with Crippen molar-refractivity contribution >= 4 is 23.2 Å². The molecule has 0 N–H and O–H groups in total. The van der Waals surface area contributed by atoms with Gasteiger partial charge in [-0.05, 0) is 43.0 Å². The van der Waals surface area contributed by atoms with Crippen molar-refractivity contribution < 1.29 is 0 Å². The Kier molecular flexibility index (Phi) is 4.31. The van der Waals surface area contributed by atoms with Crippen LogP contribution in [0.3, 0.4) is 0 Å². The van der Waals surface area contributed by atoms with Crippen molar-refractivity contribution in [3.05, 3.63) is 69.7 Å². The van der Waals surface area contributed by atoms with Crippen LogP contribution in [0.15, 0.2) is 42.5 Å². The average Bonchev–Trinajstić information content (AvgIpc) is 2.32. The quantitative estimate of drug-likeness (QED) is 0.653. The van der Waals surface area contributed by atoms with Gasteiger partial charge in [0.05, 0.1) is 5.38 Å². The summed E-state index contributed by atoms with van der Waals surface area (Å²) in [5.74, 6) is 0. The van der Waals surface area contributed by atoms with E-state index in [0.29, 0.717) is 0 Å². The van der Waals surface area contributed by atoms with Crippen molar-refractivity contribution in [1.29, 1.82) is 0 Å². The summed E-state index contributed by atoms with van der Waals surface area (Å²) in [5.41, 5.74) is 4.78. The molecule has 0 saturated heterocycles. The standard InChI is InChI=1S/C16H16Cl2/c1-11-7-8-14(12(2)9-11)16(18)10-13-5-3-4-6-15(13)17/h3-9,16H,10H2,1-2H3. The van der Waals surface area contributed by atoms with E-state index in [1.165, 1.54) is 16.7 Å². The van der Waals surface area contributed by atoms with E-state index < -0.39 is 0 Å². The number of aryl methyl sites for hydroxylation is 2. The molecule has 0 fully saturated rings. The van der Waals surface area contributed by atoms with Crippen LogP contribution >= 0.6 is 23.2 Å². The van der Waals surface area contributed by atoms with E-state index in [-0.39, 0.29) is 5.38 Å². The van der Waals surface area contributed by atoms with Crippen molar-refractivity contribution in [2.75, 3.05) is 0 Å². The third-order valence-electron chi connectivity index (χ3n) is 3.12. The minimum Gasteiger partial charge on any atom is -0.117 e. The van der Waals surface area contributed by atoms with E-state index in [9.17, 15) is 0 Å². The van der Waals surface area contributed by atoms with Crippen LogP contribution in [0.2, 0.25) is 5.02 Å². The molecule has 0 heterocycles. The molecule has 0 amide bonds. The highest BCUT2D eigenvalue weighted by Crippen LogP contribution is 2.30. The smallest absolute Gasteiger partial charge is 0.0628 e. The fraction of sp³-hybridized carbons (Fsp3) is 0.250. The van der Waals surface area contributed by atoms with Gasteiger partial charge in [-0.15, -0.1) is 11.6 Å². The van der Waals surface area contributed by atoms with Crippen LogP contribution in [0.25, 0.3) is 0 Å². The molecular formula is C16H16Cl2. The Balaban J connectivity index is 2.22. The monoisotopic (exact) mass is 278 g/mol. The lowest BCUT2D eigenvalue weighted by Gasteiger charge is -2.14. The molecule has 0 aromatic heterocycles. The maximum absolute atomic E-state index is 6.51. The van der Waals surface area contributed by atoms with E-state index in [2.05, 4.69) is 32.0 Å². The van der Waals surface area contributed by atoms with Crippen LogP contribution in [0.5, 0.6) is 0 Å². The molecule has 0 aliphatic heterocycles. The number of rotatable bonds is 3. The summed E-state index contributed by atoms with van der Waals surface area (Å²) in [6, 6.07) is 14.2. The molecule has 0 bridgehead atoms. The van der Waals surface area contributed by atoms with Gasteiger partial charge >= 0.3 is 0 Å². The third kappa shape index (κ3) is 3.07. The molecule has 0 saturated carbocycles. The highest BCUT2D eigenvalue weighted by Gasteiger charge is 2.13. The van der Waals surface area contributed by atoms with Crippen molar-refractivity contribution in [3.63, 3.8) is 0 Å². The van der Waals surface area contributed by atoms with Crippen molar-refractivity contribution in [1.82, 2.24) is 0 Å². The molecule has 0 aliphatic carbocycles. The maximum Gasteiger partial charge on any atom is 0.0628 e. The second-order valence-corrected chi connectivity index (χ2v) is 5.56. The molecule has 1 unspecified atom stereocenters. The van der Waals surface area contributed by atoms with E-state index in [1.54, 1.807) is 0 Å². The lowest BCUT2D eigenvalue weighted by Crippen LogP contribution is -1.99. The Morgan fingerprint density at radius 2 is 1.78 bits per heavy atom. The minimum absolute atomic E-state index is 0.0366. The molecule has 0 spiro atoms. The van der Waals surface area contributed by atoms with Crippen molar-refractivity contribution in [2.45, 2.75) is 25.6 Å². The summed E-state index contributed by atoms with van der Waals surface area (Å²) < 4.78 is 0. The van der Waals surface area contributed by atoms with Crippen LogP contribution in [-0.2, 0) is 6.42 Å². The van der Waals surface area contributed by atoms with Gasteiger partial charge in [-0.1, -0.05) is 53.6 Å². The Morgan fingerprint density at radius 1 is 1.06 bits per heavy atom. The fourth-order valence-electron chi connectivity index (χ4n) is 2.14. The van der Waals surface area contributed by atoms with Crippen LogP contribution in [0.4, 0.5) is 0 Å². The number of hydrogen-bond donors (Lipinski definition) is 0. The molecular weight excluding hydrogens is 263 g/mol. The number of alkyl halides is 1. The average molecular weight is 279 g/mol. The summed E-state index contributed by atoms with van der Waals surface area (Å²) in [5, 5.41) is 0.749. The Labute approximate surface area is 119 Å². The highest BCUT2D eigenvalue weighted by molar-refractivity contribution is 6.31. The van der Waals surface area contributed by atoms with Gasteiger partial charge in [0.25, 0.3) is 0 Å². The van der Waals surface area contributed by atoms with Gasteiger partial charge < -0.3 is 0 Å². The first-order valence-corrected chi connectivity index (χ1v) is 6.84. The molecule has 2 rings (SSSR count). The minimum atomic E-state index is -0.0366. The van der Waals surface area contributed by atoms with E-state index in [1.807, 2.05) is 24.3 Å². The van der Waals surface area contributed by atoms with E-state index >= 15 is 0 Å². The second-order valence-electron chi connectivity index (χ2n) is 4.62. The maximum atomic E-state index is 6.51. The molecule has 2 aromatic rings. The normalized spacial score (nSPS) is 12.4. The first kappa shape index (κ1) is 13.5. The van der Waals surface area contributed by atoms with Crippen LogP contribution in [0, 0.1) is 13.8 Å². The van der Waals surface area contributed by atoms with E-state index in [4.69, 9.17) is 23.2 Å². The zero-order valence-corrected chi connectivity index (χ0v) is 12.1. The number of halogens is 2. The van der Waals surface area contributed by atoms with Crippen molar-refractivity contribution in [2.24, 2.45) is 0 Å². The zero-order chi connectivity index (χ0) is 13.1. The molecule has 2 heteroatoms. The first-order valence-electron chi connectivity index (χ1n) is 6.02. The molecule has 0 nitrogen and oxygen atoms in total. The predicted octanol–water partition coefficient (Wildman–Crippen LogP) is 5.48. The SMILES string of the molecule is Cc1ccc(C(Cl)Cc2ccccc2Cl)c(C)c1. The largest absolute Gasteiger partial charge is 0.117 e. The van der Waals surface area contributed by atoms with Crippen LogP contribution < -0.4 is 0 Å². The van der Waals surface area contributed by atoms with Crippen molar-refractivity contribution in [3.8, 4) is 0 Å². The highest BCUT2D eigenvalue weighted by atomic mass is 35.5. The molecule has 0 aliphatic rings. The summed E-state index contributed by atoms with van der Waals surface area (Å²) in [6.07, 6.45) is 0.755. The van der Waals surface area contributed by atoms with Gasteiger partial charge in [0.2, 0.25) is 0 Å². The Bertz CT molecular complexity index is 547. The first-order chi connectivity index (χ1) is 8.58. The fourth-order valence-corrected chi connectivity index (χ4v) is 2.77. The Morgan fingerprint density at radius 3 is 2.44 bits per heavy atom. The molecule has 18 heavy (non-hydrogen) atoms. The van der Waals surface area contributed by atoms with E-state index in [0.717, 1.165) is 17.0 Å². The van der Waals surface area contributed by atoms with Gasteiger partial charge in [-0.3, -0.25) is 0 Å². The summed E-state index contributed by atoms with van der Waals surface area (Å²) in [7, 11) is 0. The number of benzene rings is 2. The lowest BCUT2D eigenvalue weighted by molar-refractivity contribution is 0.909. The molecule has 1 atom stereocenters.